The van der Waals surface area contributed by atoms with Gasteiger partial charge in [0.2, 0.25) is 0 Å². The van der Waals surface area contributed by atoms with Crippen molar-refractivity contribution in [2.75, 3.05) is 14.2 Å². The highest BCUT2D eigenvalue weighted by Gasteiger charge is 2.42. The van der Waals surface area contributed by atoms with E-state index < -0.39 is 0 Å². The summed E-state index contributed by atoms with van der Waals surface area (Å²) in [6, 6.07) is 4.66. The maximum atomic E-state index is 5.82. The third-order valence-electron chi connectivity index (χ3n) is 3.50. The second kappa shape index (κ2) is 4.64. The molecule has 0 amide bonds. The Labute approximate surface area is 95.6 Å². The molecule has 1 aliphatic rings. The zero-order valence-electron chi connectivity index (χ0n) is 9.45. The summed E-state index contributed by atoms with van der Waals surface area (Å²) in [7, 11) is 3.88. The number of hydrogen-bond donors (Lipinski definition) is 1. The smallest absolute Gasteiger partial charge is 0.0880 e. The van der Waals surface area contributed by atoms with Crippen LogP contribution in [0.25, 0.3) is 0 Å². The van der Waals surface area contributed by atoms with Crippen molar-refractivity contribution in [1.82, 2.24) is 5.32 Å². The fourth-order valence-corrected chi connectivity index (χ4v) is 3.64. The molecule has 1 fully saturated rings. The summed E-state index contributed by atoms with van der Waals surface area (Å²) in [4.78, 5) is 1.39. The van der Waals surface area contributed by atoms with Gasteiger partial charge in [-0.05, 0) is 31.3 Å². The molecule has 1 unspecified atom stereocenters. The maximum Gasteiger partial charge on any atom is 0.0880 e. The maximum absolute atomic E-state index is 5.82. The Kier molecular flexibility index (Phi) is 3.44. The van der Waals surface area contributed by atoms with Crippen LogP contribution in [0.1, 0.15) is 36.6 Å². The lowest BCUT2D eigenvalue weighted by Crippen LogP contribution is -2.41. The van der Waals surface area contributed by atoms with Crippen molar-refractivity contribution in [2.45, 2.75) is 37.3 Å². The van der Waals surface area contributed by atoms with Gasteiger partial charge >= 0.3 is 0 Å². The first-order valence-electron chi connectivity index (χ1n) is 5.58. The van der Waals surface area contributed by atoms with E-state index in [9.17, 15) is 0 Å². The molecule has 1 aromatic rings. The Balaban J connectivity index is 2.24. The number of nitrogens with one attached hydrogen (secondary N) is 1. The number of methoxy groups -OCH3 is 1. The van der Waals surface area contributed by atoms with Crippen LogP contribution >= 0.6 is 11.3 Å². The highest BCUT2D eigenvalue weighted by molar-refractivity contribution is 7.10. The third kappa shape index (κ3) is 1.96. The van der Waals surface area contributed by atoms with Crippen LogP contribution in [0.2, 0.25) is 0 Å². The van der Waals surface area contributed by atoms with E-state index in [-0.39, 0.29) is 5.60 Å². The van der Waals surface area contributed by atoms with Gasteiger partial charge in [-0.15, -0.1) is 11.3 Å². The average molecular weight is 225 g/mol. The van der Waals surface area contributed by atoms with E-state index in [1.54, 1.807) is 0 Å². The van der Waals surface area contributed by atoms with E-state index in [0.29, 0.717) is 6.04 Å². The number of ether oxygens (including phenoxy) is 1. The molecular formula is C12H19NOS. The molecule has 0 aromatic carbocycles. The molecule has 1 aromatic heterocycles. The van der Waals surface area contributed by atoms with Crippen LogP contribution in [-0.4, -0.2) is 19.8 Å². The average Bonchev–Trinajstić information content (AvgIpc) is 2.90. The number of hydrogen-bond acceptors (Lipinski definition) is 3. The first-order valence-corrected chi connectivity index (χ1v) is 6.46. The molecule has 0 radical (unpaired) electrons. The topological polar surface area (TPSA) is 21.3 Å². The van der Waals surface area contributed by atoms with E-state index in [2.05, 4.69) is 22.8 Å². The van der Waals surface area contributed by atoms with Crippen molar-refractivity contribution >= 4 is 11.3 Å². The van der Waals surface area contributed by atoms with Gasteiger partial charge in [0.1, 0.15) is 0 Å². The zero-order valence-corrected chi connectivity index (χ0v) is 10.3. The van der Waals surface area contributed by atoms with Gasteiger partial charge < -0.3 is 10.1 Å². The summed E-state index contributed by atoms with van der Waals surface area (Å²) in [5, 5.41) is 5.56. The number of rotatable bonds is 4. The third-order valence-corrected chi connectivity index (χ3v) is 4.44. The van der Waals surface area contributed by atoms with E-state index >= 15 is 0 Å². The summed E-state index contributed by atoms with van der Waals surface area (Å²) in [5.41, 5.74) is 0.0274. The normalized spacial score (nSPS) is 21.7. The minimum Gasteiger partial charge on any atom is -0.376 e. The Hall–Kier alpha value is -0.380. The minimum atomic E-state index is 0.0274. The predicted octanol–water partition coefficient (Wildman–Crippen LogP) is 2.97. The lowest BCUT2D eigenvalue weighted by Gasteiger charge is -2.35. The lowest BCUT2D eigenvalue weighted by molar-refractivity contribution is -0.0339. The van der Waals surface area contributed by atoms with Gasteiger partial charge in [-0.1, -0.05) is 18.9 Å². The second-order valence-electron chi connectivity index (χ2n) is 4.21. The lowest BCUT2D eigenvalue weighted by atomic mass is 9.91. The molecule has 1 aliphatic carbocycles. The molecule has 1 heterocycles. The van der Waals surface area contributed by atoms with Gasteiger partial charge in [0.05, 0.1) is 11.6 Å². The van der Waals surface area contributed by atoms with Gasteiger partial charge in [-0.25, -0.2) is 0 Å². The molecule has 1 N–H and O–H groups in total. The van der Waals surface area contributed by atoms with Crippen molar-refractivity contribution in [2.24, 2.45) is 0 Å². The molecule has 2 nitrogen and oxygen atoms in total. The SMILES string of the molecule is CNC(c1cccs1)C1(OC)CCCC1. The zero-order chi connectivity index (χ0) is 10.7. The van der Waals surface area contributed by atoms with Crippen LogP contribution in [-0.2, 0) is 4.74 Å². The van der Waals surface area contributed by atoms with Gasteiger partial charge in [-0.3, -0.25) is 0 Å². The molecule has 84 valence electrons. The first-order chi connectivity index (χ1) is 7.32. The number of likely N-dealkylation sites (N-methyl/N-ethyl adjacent to an activating group) is 1. The molecular weight excluding hydrogens is 206 g/mol. The van der Waals surface area contributed by atoms with Crippen LogP contribution in [0.4, 0.5) is 0 Å². The minimum absolute atomic E-state index is 0.0274. The Bertz CT molecular complexity index is 291. The van der Waals surface area contributed by atoms with Crippen molar-refractivity contribution in [3.8, 4) is 0 Å². The van der Waals surface area contributed by atoms with Crippen LogP contribution in [0.5, 0.6) is 0 Å². The first kappa shape index (κ1) is 11.1. The Morgan fingerprint density at radius 3 is 2.67 bits per heavy atom. The molecule has 3 heteroatoms. The van der Waals surface area contributed by atoms with Gasteiger partial charge in [-0.2, -0.15) is 0 Å². The van der Waals surface area contributed by atoms with Gasteiger partial charge in [0.15, 0.2) is 0 Å². The fourth-order valence-electron chi connectivity index (χ4n) is 2.70. The largest absolute Gasteiger partial charge is 0.376 e. The molecule has 0 saturated heterocycles. The Morgan fingerprint density at radius 1 is 1.47 bits per heavy atom. The van der Waals surface area contributed by atoms with Crippen LogP contribution < -0.4 is 5.32 Å². The molecule has 0 spiro atoms. The number of thiophene rings is 1. The Morgan fingerprint density at radius 2 is 2.20 bits per heavy atom. The van der Waals surface area contributed by atoms with E-state index in [4.69, 9.17) is 4.74 Å². The summed E-state index contributed by atoms with van der Waals surface area (Å²) >= 11 is 1.81. The van der Waals surface area contributed by atoms with Crippen molar-refractivity contribution in [3.05, 3.63) is 22.4 Å². The summed E-state index contributed by atoms with van der Waals surface area (Å²) in [5.74, 6) is 0. The van der Waals surface area contributed by atoms with Crippen molar-refractivity contribution in [1.29, 1.82) is 0 Å². The van der Waals surface area contributed by atoms with Crippen molar-refractivity contribution < 1.29 is 4.74 Å². The molecule has 0 bridgehead atoms. The molecule has 2 rings (SSSR count). The highest BCUT2D eigenvalue weighted by Crippen LogP contribution is 2.43. The summed E-state index contributed by atoms with van der Waals surface area (Å²) < 4.78 is 5.82. The molecule has 1 atom stereocenters. The van der Waals surface area contributed by atoms with E-state index in [1.807, 2.05) is 25.5 Å². The van der Waals surface area contributed by atoms with E-state index in [0.717, 1.165) is 0 Å². The molecule has 1 saturated carbocycles. The molecule has 15 heavy (non-hydrogen) atoms. The quantitative estimate of drug-likeness (QED) is 0.850. The molecule has 0 aliphatic heterocycles. The second-order valence-corrected chi connectivity index (χ2v) is 5.19. The van der Waals surface area contributed by atoms with Gasteiger partial charge in [0, 0.05) is 12.0 Å². The van der Waals surface area contributed by atoms with Gasteiger partial charge in [0.25, 0.3) is 0 Å². The van der Waals surface area contributed by atoms with Crippen LogP contribution in [0.15, 0.2) is 17.5 Å². The highest BCUT2D eigenvalue weighted by atomic mass is 32.1. The van der Waals surface area contributed by atoms with Crippen LogP contribution in [0, 0.1) is 0 Å². The predicted molar refractivity (Wildman–Crippen MR) is 64.3 cm³/mol. The van der Waals surface area contributed by atoms with Crippen LogP contribution in [0.3, 0.4) is 0 Å². The standard InChI is InChI=1S/C12H19NOS/c1-13-11(10-6-5-9-15-10)12(14-2)7-3-4-8-12/h5-6,9,11,13H,3-4,7-8H2,1-2H3. The summed E-state index contributed by atoms with van der Waals surface area (Å²) in [6.45, 7) is 0. The monoisotopic (exact) mass is 225 g/mol. The van der Waals surface area contributed by atoms with E-state index in [1.165, 1.54) is 30.6 Å². The fraction of sp³-hybridized carbons (Fsp3) is 0.667. The van der Waals surface area contributed by atoms with Crippen molar-refractivity contribution in [3.63, 3.8) is 0 Å². The summed E-state index contributed by atoms with van der Waals surface area (Å²) in [6.07, 6.45) is 4.93.